The fourth-order valence-electron chi connectivity index (χ4n) is 4.49. The third-order valence-corrected chi connectivity index (χ3v) is 7.67. The summed E-state index contributed by atoms with van der Waals surface area (Å²) in [5, 5.41) is 15.8. The zero-order valence-corrected chi connectivity index (χ0v) is 23.7. The Bertz CT molecular complexity index is 1410. The second-order valence-corrected chi connectivity index (χ2v) is 10.9. The topological polar surface area (TPSA) is 111 Å². The van der Waals surface area contributed by atoms with Gasteiger partial charge in [-0.05, 0) is 73.0 Å². The summed E-state index contributed by atoms with van der Waals surface area (Å²) in [5.74, 6) is -0.874. The zero-order valence-electron chi connectivity index (χ0n) is 22.9. The summed E-state index contributed by atoms with van der Waals surface area (Å²) in [4.78, 5) is 39.6. The van der Waals surface area contributed by atoms with E-state index in [0.717, 1.165) is 60.4 Å². The number of nitrogens with one attached hydrogen (secondary N) is 2. The van der Waals surface area contributed by atoms with Crippen LogP contribution in [0.3, 0.4) is 0 Å². The van der Waals surface area contributed by atoms with E-state index >= 15 is 0 Å². The highest BCUT2D eigenvalue weighted by Crippen LogP contribution is 2.34. The second kappa shape index (κ2) is 14.5. The smallest absolute Gasteiger partial charge is 0.339 e. The Kier molecular flexibility index (Phi) is 10.5. The zero-order chi connectivity index (χ0) is 29.2. The molecule has 3 amide bonds. The van der Waals surface area contributed by atoms with Crippen molar-refractivity contribution in [3.05, 3.63) is 89.2 Å². The average molecular weight is 577 g/mol. The molecule has 3 N–H and O–H groups in total. The minimum atomic E-state index is -0.950. The molecule has 1 aliphatic heterocycles. The monoisotopic (exact) mass is 576 g/mol. The molecule has 1 heterocycles. The number of amides is 3. The lowest BCUT2D eigenvalue weighted by Crippen LogP contribution is -2.33. The van der Waals surface area contributed by atoms with Gasteiger partial charge in [-0.2, -0.15) is 5.10 Å². The Hall–Kier alpha value is -4.18. The minimum absolute atomic E-state index is 0.162. The molecule has 0 radical (unpaired) electrons. The van der Waals surface area contributed by atoms with Crippen molar-refractivity contribution in [1.29, 1.82) is 0 Å². The molecule has 41 heavy (non-hydrogen) atoms. The molecule has 3 aromatic carbocycles. The number of carboxylic acid groups (broad SMARTS) is 1. The van der Waals surface area contributed by atoms with E-state index in [-0.39, 0.29) is 17.2 Å². The van der Waals surface area contributed by atoms with Gasteiger partial charge in [0.2, 0.25) is 0 Å². The van der Waals surface area contributed by atoms with Crippen LogP contribution in [-0.4, -0.2) is 41.0 Å². The van der Waals surface area contributed by atoms with Crippen molar-refractivity contribution in [1.82, 2.24) is 5.43 Å². The number of fused-ring (bicyclic) bond motifs is 1. The highest BCUT2D eigenvalue weighted by Gasteiger charge is 2.34. The summed E-state index contributed by atoms with van der Waals surface area (Å²) in [5.41, 5.74) is 5.67. The first-order chi connectivity index (χ1) is 19.9. The predicted molar refractivity (Wildman–Crippen MR) is 160 cm³/mol. The van der Waals surface area contributed by atoms with Crippen LogP contribution in [0.4, 0.5) is 20.6 Å². The number of benzene rings is 3. The van der Waals surface area contributed by atoms with Gasteiger partial charge in [0.15, 0.2) is 5.71 Å². The van der Waals surface area contributed by atoms with Crippen LogP contribution in [0.2, 0.25) is 0 Å². The summed E-state index contributed by atoms with van der Waals surface area (Å²) in [7, 11) is 0. The molecular weight excluding hydrogens is 543 g/mol. The number of unbranched alkanes of at least 4 members (excludes halogenated alkanes) is 4. The van der Waals surface area contributed by atoms with Crippen molar-refractivity contribution >= 4 is 46.8 Å². The standard InChI is InChI=1S/C31H33FN4O4S/c1-2-3-4-5-6-18-36-27-16-15-25(41-19-17-21-7-9-22(10-8-21)30(38)39)20-26(27)28(29(36)37)34-35-31(40)33-24-13-11-23(32)12-14-24/h7-16,20H,2-6,17-19H2,1H3,(H,38,39)(H2,33,35,40). The first-order valence-corrected chi connectivity index (χ1v) is 14.7. The number of rotatable bonds is 13. The number of thioether (sulfide) groups is 1. The first kappa shape index (κ1) is 29.8. The van der Waals surface area contributed by atoms with Gasteiger partial charge in [-0.1, -0.05) is 44.7 Å². The van der Waals surface area contributed by atoms with Gasteiger partial charge >= 0.3 is 12.0 Å². The van der Waals surface area contributed by atoms with Gasteiger partial charge in [0.05, 0.1) is 11.3 Å². The number of carbonyl (C=O) groups excluding carboxylic acids is 2. The fourth-order valence-corrected chi connectivity index (χ4v) is 5.42. The summed E-state index contributed by atoms with van der Waals surface area (Å²) >= 11 is 1.62. The Balaban J connectivity index is 1.46. The number of hydrogen-bond acceptors (Lipinski definition) is 5. The molecule has 0 fully saturated rings. The highest BCUT2D eigenvalue weighted by atomic mass is 32.2. The van der Waals surface area contributed by atoms with Crippen molar-refractivity contribution < 1.29 is 23.9 Å². The van der Waals surface area contributed by atoms with Crippen LogP contribution in [0.5, 0.6) is 0 Å². The molecule has 0 spiro atoms. The van der Waals surface area contributed by atoms with Crippen molar-refractivity contribution in [2.24, 2.45) is 5.10 Å². The molecule has 3 aromatic rings. The molecule has 214 valence electrons. The van der Waals surface area contributed by atoms with E-state index in [1.807, 2.05) is 30.3 Å². The molecule has 8 nitrogen and oxygen atoms in total. The number of urea groups is 1. The Morgan fingerprint density at radius 3 is 2.41 bits per heavy atom. The molecule has 1 aliphatic rings. The minimum Gasteiger partial charge on any atom is -0.478 e. The summed E-state index contributed by atoms with van der Waals surface area (Å²) in [6, 6.07) is 17.3. The normalized spacial score (nSPS) is 13.4. The lowest BCUT2D eigenvalue weighted by Gasteiger charge is -2.17. The van der Waals surface area contributed by atoms with Gasteiger partial charge in [-0.15, -0.1) is 11.8 Å². The van der Waals surface area contributed by atoms with Crippen LogP contribution in [-0.2, 0) is 11.2 Å². The van der Waals surface area contributed by atoms with Gasteiger partial charge in [-0.3, -0.25) is 4.79 Å². The SMILES string of the molecule is CCCCCCCN1C(=O)C(=NNC(=O)Nc2ccc(F)cc2)c2cc(SCCc3ccc(C(=O)O)cc3)ccc21. The van der Waals surface area contributed by atoms with Crippen molar-refractivity contribution in [2.45, 2.75) is 50.3 Å². The van der Waals surface area contributed by atoms with Crippen molar-refractivity contribution in [2.75, 3.05) is 22.5 Å². The lowest BCUT2D eigenvalue weighted by atomic mass is 10.1. The van der Waals surface area contributed by atoms with E-state index in [2.05, 4.69) is 22.8 Å². The number of aromatic carboxylic acids is 1. The van der Waals surface area contributed by atoms with Gasteiger partial charge in [0, 0.05) is 28.4 Å². The van der Waals surface area contributed by atoms with E-state index in [4.69, 9.17) is 5.11 Å². The highest BCUT2D eigenvalue weighted by molar-refractivity contribution is 7.99. The van der Waals surface area contributed by atoms with E-state index in [1.54, 1.807) is 28.8 Å². The largest absolute Gasteiger partial charge is 0.478 e. The third kappa shape index (κ3) is 8.17. The lowest BCUT2D eigenvalue weighted by molar-refractivity contribution is -0.112. The number of anilines is 2. The molecule has 0 saturated heterocycles. The maximum absolute atomic E-state index is 13.4. The molecule has 0 unspecified atom stereocenters. The van der Waals surface area contributed by atoms with E-state index in [1.165, 1.54) is 24.3 Å². The summed E-state index contributed by atoms with van der Waals surface area (Å²) in [6.07, 6.45) is 6.06. The second-order valence-electron chi connectivity index (χ2n) is 9.68. The van der Waals surface area contributed by atoms with E-state index < -0.39 is 17.8 Å². The van der Waals surface area contributed by atoms with Crippen LogP contribution in [0.25, 0.3) is 0 Å². The van der Waals surface area contributed by atoms with Crippen LogP contribution < -0.4 is 15.6 Å². The molecule has 4 rings (SSSR count). The van der Waals surface area contributed by atoms with Gasteiger partial charge in [0.25, 0.3) is 5.91 Å². The number of carbonyl (C=O) groups is 3. The quantitative estimate of drug-likeness (QED) is 0.119. The van der Waals surface area contributed by atoms with E-state index in [9.17, 15) is 18.8 Å². The molecule has 0 aromatic heterocycles. The number of halogens is 1. The van der Waals surface area contributed by atoms with Crippen LogP contribution in [0.15, 0.2) is 76.7 Å². The molecule has 0 bridgehead atoms. The summed E-state index contributed by atoms with van der Waals surface area (Å²) in [6.45, 7) is 2.72. The predicted octanol–water partition coefficient (Wildman–Crippen LogP) is 6.70. The van der Waals surface area contributed by atoms with Gasteiger partial charge in [0.1, 0.15) is 5.82 Å². The molecule has 10 heteroatoms. The van der Waals surface area contributed by atoms with Crippen LogP contribution >= 0.6 is 11.8 Å². The fraction of sp³-hybridized carbons (Fsp3) is 0.290. The summed E-state index contributed by atoms with van der Waals surface area (Å²) < 4.78 is 13.2. The Labute approximate surface area is 243 Å². The average Bonchev–Trinajstić information content (AvgIpc) is 3.22. The van der Waals surface area contributed by atoms with Crippen molar-refractivity contribution in [3.63, 3.8) is 0 Å². The molecule has 0 atom stereocenters. The maximum atomic E-state index is 13.4. The van der Waals surface area contributed by atoms with E-state index in [0.29, 0.717) is 17.8 Å². The Morgan fingerprint density at radius 2 is 1.71 bits per heavy atom. The number of hydrogen-bond donors (Lipinski definition) is 3. The third-order valence-electron chi connectivity index (χ3n) is 6.68. The molecule has 0 aliphatic carbocycles. The number of carboxylic acids is 1. The Morgan fingerprint density at radius 1 is 0.976 bits per heavy atom. The number of aryl methyl sites for hydroxylation is 1. The number of nitrogens with zero attached hydrogens (tertiary/aromatic N) is 2. The van der Waals surface area contributed by atoms with Crippen LogP contribution in [0.1, 0.15) is 60.5 Å². The van der Waals surface area contributed by atoms with Gasteiger partial charge in [-0.25, -0.2) is 19.4 Å². The number of hydrazone groups is 1. The van der Waals surface area contributed by atoms with Gasteiger partial charge < -0.3 is 15.3 Å². The first-order valence-electron chi connectivity index (χ1n) is 13.7. The molecular formula is C31H33FN4O4S. The van der Waals surface area contributed by atoms with Crippen molar-refractivity contribution in [3.8, 4) is 0 Å². The maximum Gasteiger partial charge on any atom is 0.339 e. The molecule has 0 saturated carbocycles. The van der Waals surface area contributed by atoms with Crippen LogP contribution in [0, 0.1) is 5.82 Å².